The lowest BCUT2D eigenvalue weighted by molar-refractivity contribution is -0.0429. The minimum Gasteiger partial charge on any atom is -0.506 e. The first-order chi connectivity index (χ1) is 8.04. The Morgan fingerprint density at radius 2 is 1.83 bits per heavy atom. The highest BCUT2D eigenvalue weighted by Gasteiger charge is 2.46. The first kappa shape index (κ1) is 14.1. The molecule has 0 atom stereocenters. The second-order valence-electron chi connectivity index (χ2n) is 3.09. The van der Waals surface area contributed by atoms with Crippen LogP contribution in [0.4, 0.5) is 18.9 Å². The van der Waals surface area contributed by atoms with Crippen LogP contribution in [0.3, 0.4) is 0 Å². The summed E-state index contributed by atoms with van der Waals surface area (Å²) in [5, 5.41) is 17.7. The van der Waals surface area contributed by atoms with Gasteiger partial charge in [0, 0.05) is 0 Å². The number of rotatable bonds is 3. The van der Waals surface area contributed by atoms with Crippen LogP contribution in [0.5, 0.6) is 5.75 Å². The number of carbonyl (C=O) groups is 1. The van der Waals surface area contributed by atoms with Crippen LogP contribution in [0.25, 0.3) is 0 Å². The standard InChI is InChI=1S/C8H6F3NO5S/c9-8(10,11)18(16,17)12-5-3-4(7(14)15)1-2-6(5)13/h1-3,12-13H,(H,14,15). The molecule has 100 valence electrons. The van der Waals surface area contributed by atoms with Gasteiger partial charge in [-0.25, -0.2) is 4.79 Å². The number of carboxylic acid groups (broad SMARTS) is 1. The smallest absolute Gasteiger partial charge is 0.506 e. The van der Waals surface area contributed by atoms with Crippen molar-refractivity contribution in [2.45, 2.75) is 5.51 Å². The summed E-state index contributed by atoms with van der Waals surface area (Å²) < 4.78 is 58.8. The van der Waals surface area contributed by atoms with Crippen LogP contribution < -0.4 is 4.72 Å². The number of nitrogens with one attached hydrogen (secondary N) is 1. The first-order valence-electron chi connectivity index (χ1n) is 4.20. The van der Waals surface area contributed by atoms with Crippen molar-refractivity contribution in [3.63, 3.8) is 0 Å². The number of phenols is 1. The van der Waals surface area contributed by atoms with Gasteiger partial charge in [-0.3, -0.25) is 4.72 Å². The minimum atomic E-state index is -5.72. The fourth-order valence-electron chi connectivity index (χ4n) is 0.953. The number of aromatic hydroxyl groups is 1. The molecule has 0 aliphatic rings. The third kappa shape index (κ3) is 2.83. The maximum absolute atomic E-state index is 12.1. The van der Waals surface area contributed by atoms with Gasteiger partial charge in [0.25, 0.3) is 0 Å². The molecule has 0 heterocycles. The second-order valence-corrected chi connectivity index (χ2v) is 4.76. The zero-order valence-corrected chi connectivity index (χ0v) is 9.21. The Hall–Kier alpha value is -1.97. The third-order valence-corrected chi connectivity index (χ3v) is 2.89. The van der Waals surface area contributed by atoms with Gasteiger partial charge < -0.3 is 10.2 Å². The van der Waals surface area contributed by atoms with Crippen molar-refractivity contribution in [3.8, 4) is 5.75 Å². The average molecular weight is 285 g/mol. The largest absolute Gasteiger partial charge is 0.516 e. The monoisotopic (exact) mass is 285 g/mol. The van der Waals surface area contributed by atoms with E-state index < -0.39 is 38.5 Å². The summed E-state index contributed by atoms with van der Waals surface area (Å²) in [4.78, 5) is 10.5. The molecular weight excluding hydrogens is 279 g/mol. The molecule has 0 bridgehead atoms. The number of hydrogen-bond donors (Lipinski definition) is 3. The number of alkyl halides is 3. The number of hydrogen-bond acceptors (Lipinski definition) is 4. The molecule has 3 N–H and O–H groups in total. The van der Waals surface area contributed by atoms with E-state index in [1.54, 1.807) is 0 Å². The van der Waals surface area contributed by atoms with Crippen molar-refractivity contribution in [1.82, 2.24) is 0 Å². The zero-order chi connectivity index (χ0) is 14.1. The highest BCUT2D eigenvalue weighted by molar-refractivity contribution is 7.93. The molecule has 1 aromatic rings. The van der Waals surface area contributed by atoms with Gasteiger partial charge in [-0.1, -0.05) is 0 Å². The van der Waals surface area contributed by atoms with Gasteiger partial charge in [-0.05, 0) is 18.2 Å². The molecule has 0 unspecified atom stereocenters. The number of carboxylic acids is 1. The van der Waals surface area contributed by atoms with Crippen LogP contribution in [-0.4, -0.2) is 30.1 Å². The van der Waals surface area contributed by atoms with Crippen LogP contribution >= 0.6 is 0 Å². The number of benzene rings is 1. The van der Waals surface area contributed by atoms with Crippen LogP contribution in [-0.2, 0) is 10.0 Å². The Kier molecular flexibility index (Phi) is 3.42. The maximum Gasteiger partial charge on any atom is 0.516 e. The first-order valence-corrected chi connectivity index (χ1v) is 5.68. The molecule has 0 aliphatic carbocycles. The number of sulfonamides is 1. The van der Waals surface area contributed by atoms with Crippen molar-refractivity contribution in [2.24, 2.45) is 0 Å². The Morgan fingerprint density at radius 3 is 2.28 bits per heavy atom. The second kappa shape index (κ2) is 4.37. The number of phenolic OH excluding ortho intramolecular Hbond substituents is 1. The van der Waals surface area contributed by atoms with Crippen LogP contribution in [0.2, 0.25) is 0 Å². The topological polar surface area (TPSA) is 104 Å². The summed E-state index contributed by atoms with van der Waals surface area (Å²) in [5.74, 6) is -2.31. The molecule has 18 heavy (non-hydrogen) atoms. The lowest BCUT2D eigenvalue weighted by atomic mass is 10.2. The van der Waals surface area contributed by atoms with E-state index in [1.165, 1.54) is 0 Å². The van der Waals surface area contributed by atoms with Crippen LogP contribution in [0.1, 0.15) is 10.4 Å². The zero-order valence-electron chi connectivity index (χ0n) is 8.39. The summed E-state index contributed by atoms with van der Waals surface area (Å²) in [7, 11) is -5.72. The van der Waals surface area contributed by atoms with Crippen LogP contribution in [0.15, 0.2) is 18.2 Å². The molecule has 0 aromatic heterocycles. The quantitative estimate of drug-likeness (QED) is 0.727. The fourth-order valence-corrected chi connectivity index (χ4v) is 1.52. The lowest BCUT2D eigenvalue weighted by Crippen LogP contribution is -2.30. The van der Waals surface area contributed by atoms with E-state index in [-0.39, 0.29) is 0 Å². The summed E-state index contributed by atoms with van der Waals surface area (Å²) in [5.41, 5.74) is -6.92. The van der Waals surface area contributed by atoms with Crippen molar-refractivity contribution >= 4 is 21.7 Å². The SMILES string of the molecule is O=C(O)c1ccc(O)c(NS(=O)(=O)C(F)(F)F)c1. The molecule has 0 radical (unpaired) electrons. The maximum atomic E-state index is 12.1. The van der Waals surface area contributed by atoms with E-state index >= 15 is 0 Å². The molecule has 1 rings (SSSR count). The Bertz CT molecular complexity index is 581. The molecule has 6 nitrogen and oxygen atoms in total. The highest BCUT2D eigenvalue weighted by Crippen LogP contribution is 2.30. The van der Waals surface area contributed by atoms with E-state index in [9.17, 15) is 26.4 Å². The highest BCUT2D eigenvalue weighted by atomic mass is 32.2. The summed E-state index contributed by atoms with van der Waals surface area (Å²) in [6.07, 6.45) is 0. The van der Waals surface area contributed by atoms with Gasteiger partial charge in [-0.2, -0.15) is 21.6 Å². The molecule has 10 heteroatoms. The lowest BCUT2D eigenvalue weighted by Gasteiger charge is -2.12. The fraction of sp³-hybridized carbons (Fsp3) is 0.125. The number of halogens is 3. The summed E-state index contributed by atoms with van der Waals surface area (Å²) in [6.45, 7) is 0. The molecule has 0 amide bonds. The van der Waals surface area contributed by atoms with Crippen molar-refractivity contribution in [2.75, 3.05) is 4.72 Å². The molecule has 0 spiro atoms. The van der Waals surface area contributed by atoms with E-state index in [0.29, 0.717) is 6.07 Å². The predicted octanol–water partition coefficient (Wildman–Crippen LogP) is 1.35. The molecule has 0 fully saturated rings. The summed E-state index contributed by atoms with van der Waals surface area (Å²) in [6, 6.07) is 2.24. The third-order valence-electron chi connectivity index (χ3n) is 1.79. The van der Waals surface area contributed by atoms with Gasteiger partial charge in [0.05, 0.1) is 11.3 Å². The van der Waals surface area contributed by atoms with Gasteiger partial charge in [0.15, 0.2) is 0 Å². The predicted molar refractivity (Wildman–Crippen MR) is 53.7 cm³/mol. The van der Waals surface area contributed by atoms with Crippen molar-refractivity contribution < 1.29 is 36.6 Å². The van der Waals surface area contributed by atoms with Crippen molar-refractivity contribution in [3.05, 3.63) is 23.8 Å². The molecule has 0 saturated carbocycles. The van der Waals surface area contributed by atoms with E-state index in [1.807, 2.05) is 0 Å². The van der Waals surface area contributed by atoms with E-state index in [4.69, 9.17) is 10.2 Å². The number of aromatic carboxylic acids is 1. The molecular formula is C8H6F3NO5S. The normalized spacial score (nSPS) is 12.2. The average Bonchev–Trinajstić information content (AvgIpc) is 2.18. The van der Waals surface area contributed by atoms with Gasteiger partial charge >= 0.3 is 21.5 Å². The van der Waals surface area contributed by atoms with E-state index in [0.717, 1.165) is 16.9 Å². The molecule has 1 aromatic carbocycles. The van der Waals surface area contributed by atoms with Gasteiger partial charge in [-0.15, -0.1) is 0 Å². The van der Waals surface area contributed by atoms with Gasteiger partial charge in [0.2, 0.25) is 0 Å². The Balaban J connectivity index is 3.20. The Morgan fingerprint density at radius 1 is 1.28 bits per heavy atom. The van der Waals surface area contributed by atoms with Crippen molar-refractivity contribution in [1.29, 1.82) is 0 Å². The molecule has 0 saturated heterocycles. The summed E-state index contributed by atoms with van der Waals surface area (Å²) >= 11 is 0. The van der Waals surface area contributed by atoms with Crippen LogP contribution in [0, 0.1) is 0 Å². The van der Waals surface area contributed by atoms with E-state index in [2.05, 4.69) is 0 Å². The number of anilines is 1. The molecule has 0 aliphatic heterocycles. The Labute approximate surface area is 98.7 Å². The van der Waals surface area contributed by atoms with Gasteiger partial charge in [0.1, 0.15) is 5.75 Å². The minimum absolute atomic E-state index is 0.479.